The Morgan fingerprint density at radius 2 is 1.94 bits per heavy atom. The van der Waals surface area contributed by atoms with E-state index in [1.54, 1.807) is 29.5 Å². The van der Waals surface area contributed by atoms with E-state index >= 15 is 0 Å². The maximum Gasteiger partial charge on any atom is 0.0867 e. The number of halogens is 3. The Morgan fingerprint density at radius 3 is 2.47 bits per heavy atom. The molecule has 1 aromatic heterocycles. The van der Waals surface area contributed by atoms with Gasteiger partial charge in [0, 0.05) is 36.8 Å². The fourth-order valence-corrected chi connectivity index (χ4v) is 3.72. The van der Waals surface area contributed by atoms with E-state index in [0.29, 0.717) is 22.0 Å². The first-order chi connectivity index (χ1) is 8.08. The van der Waals surface area contributed by atoms with Crippen molar-refractivity contribution in [3.8, 4) is 0 Å². The Kier molecular flexibility index (Phi) is 4.50. The van der Waals surface area contributed by atoms with Gasteiger partial charge >= 0.3 is 0 Å². The largest absolute Gasteiger partial charge is 0.388 e. The minimum absolute atomic E-state index is 0.501. The summed E-state index contributed by atoms with van der Waals surface area (Å²) in [6.45, 7) is 0. The zero-order valence-electron chi connectivity index (χ0n) is 8.66. The lowest BCUT2D eigenvalue weighted by atomic mass is 10.1. The normalized spacial score (nSPS) is 12.7. The highest BCUT2D eigenvalue weighted by atomic mass is 79.9. The Bertz CT molecular complexity index is 507. The summed E-state index contributed by atoms with van der Waals surface area (Å²) in [5, 5.41) is 13.2. The van der Waals surface area contributed by atoms with Gasteiger partial charge in [0.25, 0.3) is 0 Å². The van der Waals surface area contributed by atoms with Crippen LogP contribution in [0, 0.1) is 0 Å². The summed E-state index contributed by atoms with van der Waals surface area (Å²) in [5.41, 5.74) is 0.598. The number of rotatable bonds is 3. The van der Waals surface area contributed by atoms with E-state index in [9.17, 15) is 5.11 Å². The molecule has 0 aliphatic rings. The van der Waals surface area contributed by atoms with E-state index in [-0.39, 0.29) is 0 Å². The number of hydrogen-bond donors (Lipinski definition) is 1. The number of hydrogen-bond acceptors (Lipinski definition) is 2. The van der Waals surface area contributed by atoms with E-state index in [2.05, 4.69) is 15.9 Å². The molecule has 2 aromatic rings. The molecule has 0 saturated carbocycles. The maximum atomic E-state index is 10.2. The fraction of sp³-hybridized carbons (Fsp3) is 0.167. The van der Waals surface area contributed by atoms with Gasteiger partial charge < -0.3 is 5.11 Å². The SMILES string of the molecule is OC(Cc1cc(Br)cs1)c1c(Cl)cccc1Cl. The molecule has 1 unspecified atom stereocenters. The molecule has 0 amide bonds. The van der Waals surface area contributed by atoms with Crippen LogP contribution < -0.4 is 0 Å². The first kappa shape index (κ1) is 13.4. The first-order valence-corrected chi connectivity index (χ1v) is 7.35. The molecular formula is C12H9BrCl2OS. The van der Waals surface area contributed by atoms with Gasteiger partial charge in [-0.15, -0.1) is 11.3 Å². The van der Waals surface area contributed by atoms with Crippen LogP contribution in [0.3, 0.4) is 0 Å². The molecular weight excluding hydrogens is 343 g/mol. The zero-order valence-corrected chi connectivity index (χ0v) is 12.6. The zero-order chi connectivity index (χ0) is 12.4. The predicted molar refractivity (Wildman–Crippen MR) is 77.1 cm³/mol. The quantitative estimate of drug-likeness (QED) is 0.816. The van der Waals surface area contributed by atoms with Gasteiger partial charge in [0.2, 0.25) is 0 Å². The molecule has 1 atom stereocenters. The highest BCUT2D eigenvalue weighted by Crippen LogP contribution is 2.33. The van der Waals surface area contributed by atoms with Crippen LogP contribution in [0.4, 0.5) is 0 Å². The summed E-state index contributed by atoms with van der Waals surface area (Å²) < 4.78 is 1.02. The monoisotopic (exact) mass is 350 g/mol. The van der Waals surface area contributed by atoms with Crippen LogP contribution in [0.25, 0.3) is 0 Å². The van der Waals surface area contributed by atoms with E-state index < -0.39 is 6.10 Å². The first-order valence-electron chi connectivity index (χ1n) is 4.93. The van der Waals surface area contributed by atoms with Crippen molar-refractivity contribution in [3.63, 3.8) is 0 Å². The number of aliphatic hydroxyl groups is 1. The fourth-order valence-electron chi connectivity index (χ4n) is 1.58. The maximum absolute atomic E-state index is 10.2. The second kappa shape index (κ2) is 5.72. The third kappa shape index (κ3) is 3.24. The Balaban J connectivity index is 2.22. The van der Waals surface area contributed by atoms with Crippen molar-refractivity contribution in [2.24, 2.45) is 0 Å². The smallest absolute Gasteiger partial charge is 0.0867 e. The van der Waals surface area contributed by atoms with Gasteiger partial charge in [0.1, 0.15) is 0 Å². The molecule has 0 bridgehead atoms. The van der Waals surface area contributed by atoms with Gasteiger partial charge in [-0.25, -0.2) is 0 Å². The summed E-state index contributed by atoms with van der Waals surface area (Å²) >= 11 is 17.1. The Morgan fingerprint density at radius 1 is 1.29 bits per heavy atom. The highest BCUT2D eigenvalue weighted by molar-refractivity contribution is 9.10. The van der Waals surface area contributed by atoms with Crippen molar-refractivity contribution in [2.75, 3.05) is 0 Å². The summed E-state index contributed by atoms with van der Waals surface area (Å²) in [6, 6.07) is 7.22. The van der Waals surface area contributed by atoms with Crippen molar-refractivity contribution in [1.82, 2.24) is 0 Å². The van der Waals surface area contributed by atoms with Crippen LogP contribution in [0.5, 0.6) is 0 Å². The number of thiophene rings is 1. The second-order valence-electron chi connectivity index (χ2n) is 3.59. The molecule has 0 spiro atoms. The van der Waals surface area contributed by atoms with Gasteiger partial charge in [-0.3, -0.25) is 0 Å². The van der Waals surface area contributed by atoms with E-state index in [4.69, 9.17) is 23.2 Å². The number of aliphatic hydroxyl groups excluding tert-OH is 1. The van der Waals surface area contributed by atoms with Crippen molar-refractivity contribution in [1.29, 1.82) is 0 Å². The molecule has 0 saturated heterocycles. The highest BCUT2D eigenvalue weighted by Gasteiger charge is 2.16. The van der Waals surface area contributed by atoms with Crippen LogP contribution in [0.15, 0.2) is 34.1 Å². The standard InChI is InChI=1S/C12H9BrCl2OS/c13-7-4-8(17-6-7)5-11(16)12-9(14)2-1-3-10(12)15/h1-4,6,11,16H,5H2. The van der Waals surface area contributed by atoms with E-state index in [1.807, 2.05) is 11.4 Å². The lowest BCUT2D eigenvalue weighted by Gasteiger charge is -2.13. The Hall–Kier alpha value is -0.0600. The van der Waals surface area contributed by atoms with E-state index in [1.165, 1.54) is 0 Å². The lowest BCUT2D eigenvalue weighted by Crippen LogP contribution is -2.02. The molecule has 1 nitrogen and oxygen atoms in total. The minimum atomic E-state index is -0.679. The van der Waals surface area contributed by atoms with Crippen molar-refractivity contribution in [2.45, 2.75) is 12.5 Å². The molecule has 0 fully saturated rings. The van der Waals surface area contributed by atoms with Crippen LogP contribution in [0.1, 0.15) is 16.5 Å². The van der Waals surface area contributed by atoms with Crippen LogP contribution in [0.2, 0.25) is 10.0 Å². The average Bonchev–Trinajstić information content (AvgIpc) is 2.63. The lowest BCUT2D eigenvalue weighted by molar-refractivity contribution is 0.179. The second-order valence-corrected chi connectivity index (χ2v) is 6.31. The third-order valence-electron chi connectivity index (χ3n) is 2.35. The van der Waals surface area contributed by atoms with Gasteiger partial charge in [0.15, 0.2) is 0 Å². The molecule has 0 aliphatic carbocycles. The minimum Gasteiger partial charge on any atom is -0.388 e. The molecule has 1 heterocycles. The number of benzene rings is 1. The van der Waals surface area contributed by atoms with Crippen molar-refractivity contribution < 1.29 is 5.11 Å². The van der Waals surface area contributed by atoms with Crippen molar-refractivity contribution in [3.05, 3.63) is 54.6 Å². The molecule has 5 heteroatoms. The summed E-state index contributed by atoms with van der Waals surface area (Å²) in [4.78, 5) is 1.08. The van der Waals surface area contributed by atoms with E-state index in [0.717, 1.165) is 9.35 Å². The Labute approximate surface area is 122 Å². The third-order valence-corrected chi connectivity index (χ3v) is 4.73. The molecule has 1 N–H and O–H groups in total. The summed E-state index contributed by atoms with van der Waals surface area (Å²) in [6.07, 6.45) is -0.165. The van der Waals surface area contributed by atoms with Crippen LogP contribution >= 0.6 is 50.5 Å². The van der Waals surface area contributed by atoms with Gasteiger partial charge in [0.05, 0.1) is 6.10 Å². The average molecular weight is 352 g/mol. The van der Waals surface area contributed by atoms with Crippen molar-refractivity contribution >= 4 is 50.5 Å². The van der Waals surface area contributed by atoms with Gasteiger partial charge in [-0.2, -0.15) is 0 Å². The molecule has 90 valence electrons. The van der Waals surface area contributed by atoms with Crippen LogP contribution in [-0.4, -0.2) is 5.11 Å². The molecule has 1 aromatic carbocycles. The van der Waals surface area contributed by atoms with Gasteiger partial charge in [-0.1, -0.05) is 29.3 Å². The predicted octanol–water partition coefficient (Wildman–Crippen LogP) is 5.09. The van der Waals surface area contributed by atoms with Crippen LogP contribution in [-0.2, 0) is 6.42 Å². The topological polar surface area (TPSA) is 20.2 Å². The van der Waals surface area contributed by atoms with Gasteiger partial charge in [-0.05, 0) is 34.1 Å². The summed E-state index contributed by atoms with van der Waals surface area (Å²) in [7, 11) is 0. The molecule has 17 heavy (non-hydrogen) atoms. The summed E-state index contributed by atoms with van der Waals surface area (Å²) in [5.74, 6) is 0. The molecule has 2 rings (SSSR count). The molecule has 0 aliphatic heterocycles. The molecule has 0 radical (unpaired) electrons.